The molecule has 2 atom stereocenters. The summed E-state index contributed by atoms with van der Waals surface area (Å²) in [5, 5.41) is 5.62. The minimum absolute atomic E-state index is 0.0278. The number of hydrogen-bond donors (Lipinski definition) is 2. The molecule has 2 bridgehead atoms. The molecular weight excluding hydrogens is 521 g/mol. The van der Waals surface area contributed by atoms with Crippen molar-refractivity contribution in [1.82, 2.24) is 15.3 Å². The number of amides is 3. The van der Waals surface area contributed by atoms with Crippen LogP contribution in [0.5, 0.6) is 5.75 Å². The zero-order valence-electron chi connectivity index (χ0n) is 21.8. The molecule has 2 aromatic rings. The monoisotopic (exact) mass is 552 g/mol. The van der Waals surface area contributed by atoms with Gasteiger partial charge in [-0.15, -0.1) is 0 Å². The quantitative estimate of drug-likeness (QED) is 0.559. The van der Waals surface area contributed by atoms with Crippen LogP contribution in [0.25, 0.3) is 0 Å². The number of hydrogen-bond acceptors (Lipinski definition) is 8. The van der Waals surface area contributed by atoms with Crippen molar-refractivity contribution in [2.75, 3.05) is 48.0 Å². The van der Waals surface area contributed by atoms with Gasteiger partial charge in [0.2, 0.25) is 0 Å². The number of halogens is 3. The Morgan fingerprint density at radius 3 is 2.64 bits per heavy atom. The second kappa shape index (κ2) is 12.0. The van der Waals surface area contributed by atoms with Crippen LogP contribution in [0, 0.1) is 0 Å². The summed E-state index contributed by atoms with van der Waals surface area (Å²) in [6.45, 7) is 4.80. The lowest BCUT2D eigenvalue weighted by Crippen LogP contribution is -2.48. The number of aromatic nitrogens is 2. The summed E-state index contributed by atoms with van der Waals surface area (Å²) in [6, 6.07) is 6.63. The van der Waals surface area contributed by atoms with E-state index in [1.54, 1.807) is 29.3 Å². The van der Waals surface area contributed by atoms with Gasteiger partial charge in [-0.25, -0.2) is 14.8 Å². The maximum Gasteiger partial charge on any atom is 0.379 e. The van der Waals surface area contributed by atoms with Crippen molar-refractivity contribution >= 4 is 29.3 Å². The Balaban J connectivity index is 0.000000826. The summed E-state index contributed by atoms with van der Waals surface area (Å²) in [4.78, 5) is 38.4. The summed E-state index contributed by atoms with van der Waals surface area (Å²) in [6.07, 6.45) is 2.24. The Kier molecular flexibility index (Phi) is 8.75. The molecule has 5 heterocycles. The average Bonchev–Trinajstić information content (AvgIpc) is 3.46. The van der Waals surface area contributed by atoms with Crippen molar-refractivity contribution < 1.29 is 37.0 Å². The van der Waals surface area contributed by atoms with Crippen LogP contribution in [-0.2, 0) is 9.47 Å². The molecule has 14 heteroatoms. The summed E-state index contributed by atoms with van der Waals surface area (Å²) in [5.41, 5.74) is 1.13. The van der Waals surface area contributed by atoms with Gasteiger partial charge in [0, 0.05) is 19.6 Å². The lowest BCUT2D eigenvalue weighted by Gasteiger charge is -2.35. The van der Waals surface area contributed by atoms with Gasteiger partial charge in [-0.2, -0.15) is 13.2 Å². The zero-order chi connectivity index (χ0) is 28.2. The van der Waals surface area contributed by atoms with Gasteiger partial charge in [-0.05, 0) is 51.5 Å². The molecule has 0 aromatic carbocycles. The number of urea groups is 1. The molecule has 11 nitrogen and oxygen atoms in total. The van der Waals surface area contributed by atoms with E-state index in [1.165, 1.54) is 0 Å². The van der Waals surface area contributed by atoms with E-state index in [-0.39, 0.29) is 29.8 Å². The third kappa shape index (κ3) is 7.06. The van der Waals surface area contributed by atoms with Crippen molar-refractivity contribution in [1.29, 1.82) is 0 Å². The molecule has 2 unspecified atom stereocenters. The number of carbonyl (C=O) groups is 2. The highest BCUT2D eigenvalue weighted by Gasteiger charge is 2.40. The standard InChI is InChI=1S/C24H30N6O5.CHF3/c1-4-25-22(31)18-6-7-19-21(27-18)30(15-9-10-29(19)12-15)23(32)28-20-8-5-16(11-26-20)33-13-17-14-34-24(2,3)35-17;2-1(3)4/h5-8,11,15,17H,4,9-10,12-14H2,1-3H3,(H,25,31)(H,26,28,32);1H. The van der Waals surface area contributed by atoms with Crippen LogP contribution in [0.15, 0.2) is 30.5 Å². The second-order valence-electron chi connectivity index (χ2n) is 9.48. The van der Waals surface area contributed by atoms with Crippen LogP contribution in [-0.4, -0.2) is 79.4 Å². The molecule has 0 saturated carbocycles. The molecule has 2 aromatic heterocycles. The topological polar surface area (TPSA) is 118 Å². The van der Waals surface area contributed by atoms with Gasteiger partial charge in [-0.3, -0.25) is 15.0 Å². The number of alkyl halides is 3. The maximum atomic E-state index is 13.3. The third-order valence-corrected chi connectivity index (χ3v) is 6.22. The van der Waals surface area contributed by atoms with Crippen molar-refractivity contribution in [3.8, 4) is 5.75 Å². The molecule has 0 aliphatic carbocycles. The number of nitrogens with one attached hydrogen (secondary N) is 2. The lowest BCUT2D eigenvalue weighted by atomic mass is 10.1. The van der Waals surface area contributed by atoms with E-state index in [9.17, 15) is 22.8 Å². The molecule has 3 aliphatic heterocycles. The van der Waals surface area contributed by atoms with Crippen LogP contribution < -0.4 is 25.2 Å². The van der Waals surface area contributed by atoms with Crippen molar-refractivity contribution in [3.05, 3.63) is 36.2 Å². The molecule has 2 saturated heterocycles. The lowest BCUT2D eigenvalue weighted by molar-refractivity contribution is -0.141. The zero-order valence-corrected chi connectivity index (χ0v) is 21.8. The van der Waals surface area contributed by atoms with E-state index in [2.05, 4.69) is 25.5 Å². The van der Waals surface area contributed by atoms with E-state index in [0.717, 1.165) is 25.2 Å². The molecule has 0 radical (unpaired) electrons. The van der Waals surface area contributed by atoms with E-state index < -0.39 is 12.5 Å². The fourth-order valence-electron chi connectivity index (χ4n) is 4.59. The highest BCUT2D eigenvalue weighted by molar-refractivity contribution is 6.05. The molecule has 0 spiro atoms. The summed E-state index contributed by atoms with van der Waals surface area (Å²) in [5.74, 6) is 0.588. The van der Waals surface area contributed by atoms with Crippen LogP contribution >= 0.6 is 0 Å². The smallest absolute Gasteiger partial charge is 0.379 e. The maximum absolute atomic E-state index is 13.3. The first kappa shape index (κ1) is 28.4. The number of rotatable bonds is 6. The summed E-state index contributed by atoms with van der Waals surface area (Å²) < 4.78 is 46.0. The van der Waals surface area contributed by atoms with Gasteiger partial charge in [0.05, 0.1) is 24.5 Å². The number of ether oxygens (including phenoxy) is 3. The van der Waals surface area contributed by atoms with Crippen molar-refractivity contribution in [2.45, 2.75) is 51.8 Å². The number of anilines is 3. The van der Waals surface area contributed by atoms with E-state index in [1.807, 2.05) is 26.8 Å². The fraction of sp³-hybridized carbons (Fsp3) is 0.520. The first-order chi connectivity index (χ1) is 18.6. The van der Waals surface area contributed by atoms with Crippen LogP contribution in [0.1, 0.15) is 37.7 Å². The molecule has 3 aliphatic rings. The number of fused-ring (bicyclic) bond motifs is 4. The van der Waals surface area contributed by atoms with E-state index >= 15 is 0 Å². The van der Waals surface area contributed by atoms with Crippen molar-refractivity contribution in [3.63, 3.8) is 0 Å². The Hall–Kier alpha value is -3.65. The Labute approximate surface area is 223 Å². The van der Waals surface area contributed by atoms with Crippen LogP contribution in [0.3, 0.4) is 0 Å². The second-order valence-corrected chi connectivity index (χ2v) is 9.48. The van der Waals surface area contributed by atoms with Gasteiger partial charge in [0.15, 0.2) is 11.6 Å². The third-order valence-electron chi connectivity index (χ3n) is 6.22. The predicted molar refractivity (Wildman–Crippen MR) is 136 cm³/mol. The van der Waals surface area contributed by atoms with Crippen LogP contribution in [0.2, 0.25) is 0 Å². The number of nitrogens with zero attached hydrogens (tertiary/aromatic N) is 4. The first-order valence-electron chi connectivity index (χ1n) is 12.5. The van der Waals surface area contributed by atoms with Crippen molar-refractivity contribution in [2.24, 2.45) is 0 Å². The summed E-state index contributed by atoms with van der Waals surface area (Å²) >= 11 is 0. The molecule has 212 valence electrons. The Bertz CT molecular complexity index is 1170. The summed E-state index contributed by atoms with van der Waals surface area (Å²) in [7, 11) is 0. The van der Waals surface area contributed by atoms with E-state index in [0.29, 0.717) is 37.1 Å². The molecule has 3 amide bonds. The number of carbonyl (C=O) groups excluding carboxylic acids is 2. The molecule has 2 fully saturated rings. The highest BCUT2D eigenvalue weighted by atomic mass is 19.4. The van der Waals surface area contributed by atoms with E-state index in [4.69, 9.17) is 14.2 Å². The van der Waals surface area contributed by atoms with Gasteiger partial charge in [0.25, 0.3) is 5.91 Å². The largest absolute Gasteiger partial charge is 0.489 e. The van der Waals surface area contributed by atoms with Gasteiger partial charge >= 0.3 is 12.7 Å². The molecule has 39 heavy (non-hydrogen) atoms. The first-order valence-corrected chi connectivity index (χ1v) is 12.5. The van der Waals surface area contributed by atoms with Crippen LogP contribution in [0.4, 0.5) is 35.3 Å². The van der Waals surface area contributed by atoms with Gasteiger partial charge < -0.3 is 24.4 Å². The molecular formula is C25H31F3N6O5. The average molecular weight is 553 g/mol. The minimum atomic E-state index is -3.67. The number of pyridine rings is 2. The Morgan fingerprint density at radius 2 is 2.00 bits per heavy atom. The predicted octanol–water partition coefficient (Wildman–Crippen LogP) is 3.57. The van der Waals surface area contributed by atoms with Gasteiger partial charge in [-0.1, -0.05) is 0 Å². The normalized spacial score (nSPS) is 20.7. The molecule has 2 N–H and O–H groups in total. The SMILES string of the molecule is CCNC(=O)c1ccc2c(n1)N(C(=O)Nc1ccc(OCC3COC(C)(C)O3)cn1)C1CCN2C1.FC(F)F. The highest BCUT2D eigenvalue weighted by Crippen LogP contribution is 2.39. The van der Waals surface area contributed by atoms with Gasteiger partial charge in [0.1, 0.15) is 30.0 Å². The fourth-order valence-corrected chi connectivity index (χ4v) is 4.59. The minimum Gasteiger partial charge on any atom is -0.489 e. The Morgan fingerprint density at radius 1 is 1.23 bits per heavy atom. The molecule has 5 rings (SSSR count).